The van der Waals surface area contributed by atoms with Crippen molar-refractivity contribution >= 4 is 5.91 Å². The van der Waals surface area contributed by atoms with Crippen LogP contribution in [0.4, 0.5) is 0 Å². The van der Waals surface area contributed by atoms with Crippen molar-refractivity contribution in [1.82, 2.24) is 4.90 Å². The fourth-order valence-corrected chi connectivity index (χ4v) is 1.59. The van der Waals surface area contributed by atoms with Crippen LogP contribution < -0.4 is 0 Å². The summed E-state index contributed by atoms with van der Waals surface area (Å²) in [5.41, 5.74) is 1.12. The smallest absolute Gasteiger partial charge is 0.226 e. The first-order chi connectivity index (χ1) is 5.61. The molecule has 0 aromatic rings. The Bertz CT molecular complexity index is 206. The number of hydrogen-bond acceptors (Lipinski definition) is 1. The van der Waals surface area contributed by atoms with Gasteiger partial charge in [-0.15, -0.1) is 0 Å². The second-order valence-corrected chi connectivity index (χ2v) is 3.70. The van der Waals surface area contributed by atoms with Crippen LogP contribution in [0.3, 0.4) is 0 Å². The Balaban J connectivity index is 2.63. The predicted molar refractivity (Wildman–Crippen MR) is 49.5 cm³/mol. The predicted octanol–water partition coefficient (Wildman–Crippen LogP) is 2.17. The lowest BCUT2D eigenvalue weighted by atomic mass is 10.2. The van der Waals surface area contributed by atoms with E-state index in [0.717, 1.165) is 25.1 Å². The van der Waals surface area contributed by atoms with Crippen molar-refractivity contribution in [2.45, 2.75) is 33.6 Å². The topological polar surface area (TPSA) is 20.3 Å². The zero-order valence-electron chi connectivity index (χ0n) is 8.13. The van der Waals surface area contributed by atoms with Crippen molar-refractivity contribution in [2.75, 3.05) is 6.54 Å². The normalized spacial score (nSPS) is 19.5. The van der Waals surface area contributed by atoms with Crippen LogP contribution in [0.25, 0.3) is 0 Å². The molecule has 2 nitrogen and oxygen atoms in total. The minimum Gasteiger partial charge on any atom is -0.317 e. The molecule has 0 unspecified atom stereocenters. The van der Waals surface area contributed by atoms with Gasteiger partial charge in [-0.05, 0) is 19.3 Å². The average Bonchev–Trinajstić information content (AvgIpc) is 2.33. The molecule has 12 heavy (non-hydrogen) atoms. The number of carbonyl (C=O) groups excluding carboxylic acids is 1. The standard InChI is InChI=1S/C10H17NO/c1-8(2)7-9(3)11-6-4-5-10(11)12/h7-8H,4-6H2,1-3H3/b9-7+. The first-order valence-electron chi connectivity index (χ1n) is 4.60. The van der Waals surface area contributed by atoms with Crippen LogP contribution in [0.2, 0.25) is 0 Å². The highest BCUT2D eigenvalue weighted by Gasteiger charge is 2.20. The summed E-state index contributed by atoms with van der Waals surface area (Å²) in [6, 6.07) is 0. The lowest BCUT2D eigenvalue weighted by Gasteiger charge is -2.16. The van der Waals surface area contributed by atoms with E-state index in [0.29, 0.717) is 5.92 Å². The lowest BCUT2D eigenvalue weighted by molar-refractivity contribution is -0.126. The van der Waals surface area contributed by atoms with Gasteiger partial charge in [0.2, 0.25) is 5.91 Å². The summed E-state index contributed by atoms with van der Waals surface area (Å²) in [6.45, 7) is 7.19. The van der Waals surface area contributed by atoms with Crippen molar-refractivity contribution in [2.24, 2.45) is 5.92 Å². The zero-order valence-corrected chi connectivity index (χ0v) is 8.13. The molecular weight excluding hydrogens is 150 g/mol. The molecule has 0 spiro atoms. The summed E-state index contributed by atoms with van der Waals surface area (Å²) in [5.74, 6) is 0.808. The van der Waals surface area contributed by atoms with E-state index in [1.54, 1.807) is 0 Å². The number of rotatable bonds is 2. The largest absolute Gasteiger partial charge is 0.317 e. The summed E-state index contributed by atoms with van der Waals surface area (Å²) < 4.78 is 0. The van der Waals surface area contributed by atoms with Gasteiger partial charge in [-0.2, -0.15) is 0 Å². The van der Waals surface area contributed by atoms with E-state index in [4.69, 9.17) is 0 Å². The van der Waals surface area contributed by atoms with Crippen LogP contribution in [0.5, 0.6) is 0 Å². The van der Waals surface area contributed by atoms with Gasteiger partial charge >= 0.3 is 0 Å². The molecule has 0 aliphatic carbocycles. The Labute approximate surface area is 74.2 Å². The Kier molecular flexibility index (Phi) is 2.90. The molecule has 0 aromatic heterocycles. The molecule has 1 fully saturated rings. The van der Waals surface area contributed by atoms with Crippen molar-refractivity contribution in [3.8, 4) is 0 Å². The fraction of sp³-hybridized carbons (Fsp3) is 0.700. The van der Waals surface area contributed by atoms with E-state index in [1.807, 2.05) is 11.8 Å². The molecule has 1 aliphatic rings. The van der Waals surface area contributed by atoms with Crippen molar-refractivity contribution in [1.29, 1.82) is 0 Å². The van der Waals surface area contributed by atoms with Crippen LogP contribution in [0, 0.1) is 5.92 Å². The minimum absolute atomic E-state index is 0.282. The first-order valence-corrected chi connectivity index (χ1v) is 4.60. The molecule has 1 heterocycles. The molecule has 0 aromatic carbocycles. The molecule has 0 saturated carbocycles. The van der Waals surface area contributed by atoms with Gasteiger partial charge in [0.1, 0.15) is 0 Å². The number of nitrogens with zero attached hydrogens (tertiary/aromatic N) is 1. The molecule has 2 heteroatoms. The van der Waals surface area contributed by atoms with Gasteiger partial charge in [-0.1, -0.05) is 19.9 Å². The summed E-state index contributed by atoms with van der Waals surface area (Å²) in [5, 5.41) is 0. The van der Waals surface area contributed by atoms with Crippen molar-refractivity contribution in [3.63, 3.8) is 0 Å². The summed E-state index contributed by atoms with van der Waals surface area (Å²) in [4.78, 5) is 13.2. The van der Waals surface area contributed by atoms with Crippen molar-refractivity contribution in [3.05, 3.63) is 11.8 Å². The molecule has 1 amide bonds. The molecule has 1 saturated heterocycles. The number of carbonyl (C=O) groups is 1. The van der Waals surface area contributed by atoms with Gasteiger partial charge in [-0.25, -0.2) is 0 Å². The Morgan fingerprint density at radius 3 is 2.67 bits per heavy atom. The second-order valence-electron chi connectivity index (χ2n) is 3.70. The monoisotopic (exact) mass is 167 g/mol. The third-order valence-electron chi connectivity index (χ3n) is 2.07. The quantitative estimate of drug-likeness (QED) is 0.617. The third kappa shape index (κ3) is 2.10. The molecular formula is C10H17NO. The Morgan fingerprint density at radius 2 is 2.25 bits per heavy atom. The molecule has 1 rings (SSSR count). The van der Waals surface area contributed by atoms with Crippen molar-refractivity contribution < 1.29 is 4.79 Å². The van der Waals surface area contributed by atoms with Crippen LogP contribution in [-0.2, 0) is 4.79 Å². The molecule has 0 N–H and O–H groups in total. The van der Waals surface area contributed by atoms with E-state index in [9.17, 15) is 4.79 Å². The Morgan fingerprint density at radius 1 is 1.58 bits per heavy atom. The number of allylic oxidation sites excluding steroid dienone is 2. The van der Waals surface area contributed by atoms with Gasteiger partial charge in [0.25, 0.3) is 0 Å². The molecule has 68 valence electrons. The Hall–Kier alpha value is -0.790. The van der Waals surface area contributed by atoms with Crippen LogP contribution in [-0.4, -0.2) is 17.4 Å². The third-order valence-corrected chi connectivity index (χ3v) is 2.07. The maximum absolute atomic E-state index is 11.3. The van der Waals surface area contributed by atoms with Crippen LogP contribution >= 0.6 is 0 Å². The highest BCUT2D eigenvalue weighted by molar-refractivity contribution is 5.79. The molecule has 1 aliphatic heterocycles. The SMILES string of the molecule is C/C(=C\C(C)C)N1CCCC1=O. The number of hydrogen-bond donors (Lipinski definition) is 0. The lowest BCUT2D eigenvalue weighted by Crippen LogP contribution is -2.22. The van der Waals surface area contributed by atoms with Gasteiger partial charge in [-0.3, -0.25) is 4.79 Å². The molecule has 0 atom stereocenters. The van der Waals surface area contributed by atoms with Gasteiger partial charge in [0.05, 0.1) is 0 Å². The first kappa shape index (κ1) is 9.30. The van der Waals surface area contributed by atoms with Gasteiger partial charge < -0.3 is 4.90 Å². The van der Waals surface area contributed by atoms with Gasteiger partial charge in [0, 0.05) is 18.7 Å². The molecule has 0 bridgehead atoms. The van der Waals surface area contributed by atoms with Gasteiger partial charge in [0.15, 0.2) is 0 Å². The summed E-state index contributed by atoms with van der Waals surface area (Å²) >= 11 is 0. The zero-order chi connectivity index (χ0) is 9.14. The highest BCUT2D eigenvalue weighted by Crippen LogP contribution is 2.16. The summed E-state index contributed by atoms with van der Waals surface area (Å²) in [6.07, 6.45) is 3.88. The molecule has 0 radical (unpaired) electrons. The maximum Gasteiger partial charge on any atom is 0.226 e. The fourth-order valence-electron chi connectivity index (χ4n) is 1.59. The highest BCUT2D eigenvalue weighted by atomic mass is 16.2. The second kappa shape index (κ2) is 3.74. The van der Waals surface area contributed by atoms with E-state index in [2.05, 4.69) is 19.9 Å². The average molecular weight is 167 g/mol. The van der Waals surface area contributed by atoms with E-state index >= 15 is 0 Å². The number of amides is 1. The van der Waals surface area contributed by atoms with E-state index in [1.165, 1.54) is 0 Å². The van der Waals surface area contributed by atoms with E-state index < -0.39 is 0 Å². The van der Waals surface area contributed by atoms with E-state index in [-0.39, 0.29) is 5.91 Å². The number of likely N-dealkylation sites (tertiary alicyclic amines) is 1. The maximum atomic E-state index is 11.3. The van der Waals surface area contributed by atoms with Crippen LogP contribution in [0.15, 0.2) is 11.8 Å². The van der Waals surface area contributed by atoms with Crippen LogP contribution in [0.1, 0.15) is 33.6 Å². The minimum atomic E-state index is 0.282. The summed E-state index contributed by atoms with van der Waals surface area (Å²) in [7, 11) is 0.